The van der Waals surface area contributed by atoms with Crippen LogP contribution in [0.2, 0.25) is 5.15 Å². The summed E-state index contributed by atoms with van der Waals surface area (Å²) in [5.41, 5.74) is 5.40. The van der Waals surface area contributed by atoms with Gasteiger partial charge in [-0.2, -0.15) is 0 Å². The molecule has 1 N–H and O–H groups in total. The Labute approximate surface area is 119 Å². The van der Waals surface area contributed by atoms with E-state index in [9.17, 15) is 0 Å². The topological polar surface area (TPSA) is 37.8 Å². The molecule has 3 nitrogen and oxygen atoms in total. The van der Waals surface area contributed by atoms with Gasteiger partial charge in [-0.15, -0.1) is 0 Å². The molecule has 0 fully saturated rings. The molecule has 0 aromatic carbocycles. The minimum absolute atomic E-state index is 0.134. The molecule has 0 aliphatic carbocycles. The van der Waals surface area contributed by atoms with Crippen LogP contribution in [0.5, 0.6) is 0 Å². The van der Waals surface area contributed by atoms with Crippen molar-refractivity contribution in [1.29, 1.82) is 0 Å². The van der Waals surface area contributed by atoms with Gasteiger partial charge in [0.25, 0.3) is 0 Å². The minimum Gasteiger partial charge on any atom is -0.376 e. The number of halogens is 1. The molecule has 0 radical (unpaired) electrons. The average Bonchev–Trinajstić information content (AvgIpc) is 2.30. The molecule has 0 aliphatic heterocycles. The number of hydrogen-bond donors (Lipinski definition) is 1. The molecule has 0 spiro atoms. The summed E-state index contributed by atoms with van der Waals surface area (Å²) in [6.45, 7) is 8.27. The van der Waals surface area contributed by atoms with Crippen LogP contribution in [0.1, 0.15) is 35.5 Å². The second-order valence-corrected chi connectivity index (χ2v) is 5.15. The molecule has 2 aromatic rings. The van der Waals surface area contributed by atoms with Crippen LogP contribution in [-0.4, -0.2) is 9.97 Å². The van der Waals surface area contributed by atoms with Gasteiger partial charge in [0.1, 0.15) is 0 Å². The number of aryl methyl sites for hydroxylation is 3. The molecule has 0 saturated carbocycles. The quantitative estimate of drug-likeness (QED) is 0.852. The summed E-state index contributed by atoms with van der Waals surface area (Å²) in [5, 5.41) is 3.88. The van der Waals surface area contributed by atoms with Crippen LogP contribution in [-0.2, 0) is 0 Å². The van der Waals surface area contributed by atoms with E-state index in [0.29, 0.717) is 5.15 Å². The largest absolute Gasteiger partial charge is 0.376 e. The van der Waals surface area contributed by atoms with Crippen LogP contribution in [0.4, 0.5) is 5.69 Å². The number of hydrogen-bond acceptors (Lipinski definition) is 3. The maximum Gasteiger partial charge on any atom is 0.152 e. The number of aromatic nitrogens is 2. The van der Waals surface area contributed by atoms with E-state index in [2.05, 4.69) is 35.2 Å². The molecule has 0 saturated heterocycles. The second kappa shape index (κ2) is 5.57. The maximum absolute atomic E-state index is 6.07. The first-order chi connectivity index (χ1) is 8.99. The van der Waals surface area contributed by atoms with E-state index in [1.165, 1.54) is 11.1 Å². The summed E-state index contributed by atoms with van der Waals surface area (Å²) >= 11 is 6.07. The Kier molecular flexibility index (Phi) is 4.05. The Morgan fingerprint density at radius 1 is 1.26 bits per heavy atom. The van der Waals surface area contributed by atoms with Gasteiger partial charge in [0.05, 0.1) is 11.7 Å². The van der Waals surface area contributed by atoms with Crippen LogP contribution in [0.3, 0.4) is 0 Å². The van der Waals surface area contributed by atoms with E-state index in [0.717, 1.165) is 17.1 Å². The standard InChI is InChI=1S/C15H18ClN3/c1-9-8-10(2)18-11(3)14(9)12(4)19-13-6-5-7-17-15(13)16/h5-8,12,19H,1-4H3. The third-order valence-electron chi connectivity index (χ3n) is 3.15. The highest BCUT2D eigenvalue weighted by Crippen LogP contribution is 2.27. The molecule has 4 heteroatoms. The Morgan fingerprint density at radius 3 is 2.63 bits per heavy atom. The molecule has 1 atom stereocenters. The summed E-state index contributed by atoms with van der Waals surface area (Å²) in [5.74, 6) is 0. The smallest absolute Gasteiger partial charge is 0.152 e. The first-order valence-corrected chi connectivity index (χ1v) is 6.68. The lowest BCUT2D eigenvalue weighted by molar-refractivity contribution is 0.842. The van der Waals surface area contributed by atoms with Gasteiger partial charge in [0, 0.05) is 17.6 Å². The number of rotatable bonds is 3. The Bertz CT molecular complexity index is 573. The molecule has 1 unspecified atom stereocenters. The lowest BCUT2D eigenvalue weighted by Crippen LogP contribution is -2.12. The van der Waals surface area contributed by atoms with E-state index in [1.54, 1.807) is 6.20 Å². The molecule has 2 heterocycles. The third-order valence-corrected chi connectivity index (χ3v) is 3.45. The van der Waals surface area contributed by atoms with Crippen LogP contribution in [0.25, 0.3) is 0 Å². The fourth-order valence-corrected chi connectivity index (χ4v) is 2.66. The molecule has 0 bridgehead atoms. The molecule has 0 aliphatic rings. The highest BCUT2D eigenvalue weighted by atomic mass is 35.5. The lowest BCUT2D eigenvalue weighted by Gasteiger charge is -2.20. The number of nitrogens with one attached hydrogen (secondary N) is 1. The van der Waals surface area contributed by atoms with Crippen LogP contribution >= 0.6 is 11.6 Å². The van der Waals surface area contributed by atoms with Gasteiger partial charge in [-0.3, -0.25) is 4.98 Å². The maximum atomic E-state index is 6.07. The monoisotopic (exact) mass is 275 g/mol. The Hall–Kier alpha value is -1.61. The summed E-state index contributed by atoms with van der Waals surface area (Å²) in [6, 6.07) is 6.03. The van der Waals surface area contributed by atoms with Gasteiger partial charge in [-0.1, -0.05) is 11.6 Å². The van der Waals surface area contributed by atoms with Gasteiger partial charge in [0.15, 0.2) is 5.15 Å². The van der Waals surface area contributed by atoms with Gasteiger partial charge < -0.3 is 5.32 Å². The van der Waals surface area contributed by atoms with Crippen molar-refractivity contribution in [2.75, 3.05) is 5.32 Å². The SMILES string of the molecule is Cc1cc(C)c(C(C)Nc2cccnc2Cl)c(C)n1. The Morgan fingerprint density at radius 2 is 2.00 bits per heavy atom. The fourth-order valence-electron chi connectivity index (χ4n) is 2.49. The zero-order valence-electron chi connectivity index (χ0n) is 11.7. The summed E-state index contributed by atoms with van der Waals surface area (Å²) in [6.07, 6.45) is 1.68. The van der Waals surface area contributed by atoms with Crippen molar-refractivity contribution in [1.82, 2.24) is 9.97 Å². The first-order valence-electron chi connectivity index (χ1n) is 6.31. The molecule has 0 amide bonds. The van der Waals surface area contributed by atoms with E-state index in [4.69, 9.17) is 11.6 Å². The van der Waals surface area contributed by atoms with Gasteiger partial charge >= 0.3 is 0 Å². The van der Waals surface area contributed by atoms with E-state index < -0.39 is 0 Å². The molecule has 2 rings (SSSR count). The van der Waals surface area contributed by atoms with Crippen molar-refractivity contribution < 1.29 is 0 Å². The normalized spacial score (nSPS) is 12.3. The van der Waals surface area contributed by atoms with Crippen LogP contribution in [0, 0.1) is 20.8 Å². The van der Waals surface area contributed by atoms with Gasteiger partial charge in [-0.25, -0.2) is 4.98 Å². The summed E-state index contributed by atoms with van der Waals surface area (Å²) in [4.78, 5) is 8.60. The molecule has 2 aromatic heterocycles. The minimum atomic E-state index is 0.134. The van der Waals surface area contributed by atoms with Gasteiger partial charge in [-0.05, 0) is 57.0 Å². The number of nitrogens with zero attached hydrogens (tertiary/aromatic N) is 2. The van der Waals surface area contributed by atoms with Crippen molar-refractivity contribution in [3.8, 4) is 0 Å². The fraction of sp³-hybridized carbons (Fsp3) is 0.333. The molecular weight excluding hydrogens is 258 g/mol. The van der Waals surface area contributed by atoms with Crippen molar-refractivity contribution in [2.24, 2.45) is 0 Å². The van der Waals surface area contributed by atoms with Crippen LogP contribution < -0.4 is 5.32 Å². The Balaban J connectivity index is 2.31. The predicted octanol–water partition coefficient (Wildman–Crippen LogP) is 4.23. The zero-order chi connectivity index (χ0) is 14.0. The highest BCUT2D eigenvalue weighted by molar-refractivity contribution is 6.31. The third kappa shape index (κ3) is 3.04. The van der Waals surface area contributed by atoms with E-state index >= 15 is 0 Å². The van der Waals surface area contributed by atoms with Crippen molar-refractivity contribution in [3.05, 3.63) is 52.1 Å². The highest BCUT2D eigenvalue weighted by Gasteiger charge is 2.14. The molecule has 19 heavy (non-hydrogen) atoms. The number of pyridine rings is 2. The van der Waals surface area contributed by atoms with Crippen molar-refractivity contribution in [3.63, 3.8) is 0 Å². The van der Waals surface area contributed by atoms with Gasteiger partial charge in [0.2, 0.25) is 0 Å². The summed E-state index contributed by atoms with van der Waals surface area (Å²) in [7, 11) is 0. The number of anilines is 1. The molecule has 100 valence electrons. The van der Waals surface area contributed by atoms with E-state index in [-0.39, 0.29) is 6.04 Å². The van der Waals surface area contributed by atoms with Crippen molar-refractivity contribution >= 4 is 17.3 Å². The zero-order valence-corrected chi connectivity index (χ0v) is 12.4. The molecular formula is C15H18ClN3. The van der Waals surface area contributed by atoms with Crippen LogP contribution in [0.15, 0.2) is 24.4 Å². The summed E-state index contributed by atoms with van der Waals surface area (Å²) < 4.78 is 0. The van der Waals surface area contributed by atoms with Crippen molar-refractivity contribution in [2.45, 2.75) is 33.7 Å². The lowest BCUT2D eigenvalue weighted by atomic mass is 10.0. The predicted molar refractivity (Wildman–Crippen MR) is 79.7 cm³/mol. The second-order valence-electron chi connectivity index (χ2n) is 4.79. The van der Waals surface area contributed by atoms with E-state index in [1.807, 2.05) is 26.0 Å². The average molecular weight is 276 g/mol. The first kappa shape index (κ1) is 13.8.